The van der Waals surface area contributed by atoms with Gasteiger partial charge in [-0.2, -0.15) is 0 Å². The second kappa shape index (κ2) is 10.6. The number of amides is 1. The van der Waals surface area contributed by atoms with Gasteiger partial charge in [0.2, 0.25) is 5.91 Å². The molecule has 2 unspecified atom stereocenters. The molecule has 3 nitrogen and oxygen atoms in total. The molecule has 1 heterocycles. The van der Waals surface area contributed by atoms with E-state index < -0.39 is 0 Å². The minimum absolute atomic E-state index is 0.0686. The van der Waals surface area contributed by atoms with Crippen molar-refractivity contribution in [2.45, 2.75) is 37.8 Å². The molecule has 0 aromatic heterocycles. The molecule has 0 spiro atoms. The molecule has 6 heteroatoms. The third kappa shape index (κ3) is 5.78. The molecule has 0 aliphatic carbocycles. The van der Waals surface area contributed by atoms with Crippen LogP contribution >= 0.6 is 34.8 Å². The van der Waals surface area contributed by atoms with Gasteiger partial charge in [0.25, 0.3) is 0 Å². The Hall–Kier alpha value is -2.20. The van der Waals surface area contributed by atoms with Crippen molar-refractivity contribution in [3.63, 3.8) is 0 Å². The average Bonchev–Trinajstić information content (AvgIpc) is 2.79. The van der Waals surface area contributed by atoms with Gasteiger partial charge in [-0.15, -0.1) is 0 Å². The van der Waals surface area contributed by atoms with Gasteiger partial charge in [-0.25, -0.2) is 0 Å². The highest BCUT2D eigenvalue weighted by molar-refractivity contribution is 6.36. The van der Waals surface area contributed by atoms with Gasteiger partial charge in [-0.1, -0.05) is 77.3 Å². The highest BCUT2D eigenvalue weighted by atomic mass is 35.5. The Morgan fingerprint density at radius 3 is 2.38 bits per heavy atom. The Balaban J connectivity index is 1.48. The maximum absolute atomic E-state index is 12.6. The highest BCUT2D eigenvalue weighted by Crippen LogP contribution is 2.39. The molecule has 2 atom stereocenters. The Bertz CT molecular complexity index is 1060. The van der Waals surface area contributed by atoms with Crippen LogP contribution in [-0.4, -0.2) is 18.5 Å². The summed E-state index contributed by atoms with van der Waals surface area (Å²) in [5.74, 6) is 0.0895. The third-order valence-electron chi connectivity index (χ3n) is 5.93. The number of carbonyl (C=O) groups is 1. The predicted octanol–water partition coefficient (Wildman–Crippen LogP) is 7.11. The summed E-state index contributed by atoms with van der Waals surface area (Å²) in [7, 11) is 0. The van der Waals surface area contributed by atoms with E-state index in [1.165, 1.54) is 5.56 Å². The molecule has 32 heavy (non-hydrogen) atoms. The van der Waals surface area contributed by atoms with E-state index in [9.17, 15) is 4.79 Å². The number of hydrogen-bond acceptors (Lipinski definition) is 2. The molecule has 1 amide bonds. The number of rotatable bonds is 6. The first kappa shape index (κ1) is 23.0. The number of anilines is 1. The maximum atomic E-state index is 12.6. The second-order valence-electron chi connectivity index (χ2n) is 8.13. The van der Waals surface area contributed by atoms with Crippen LogP contribution in [0.4, 0.5) is 5.69 Å². The number of nitrogens with one attached hydrogen (secondary N) is 1. The molecule has 0 radical (unpaired) electrons. The van der Waals surface area contributed by atoms with E-state index in [0.717, 1.165) is 37.1 Å². The molecule has 1 saturated heterocycles. The number of hydrogen-bond donors (Lipinski definition) is 1. The molecular formula is C26H25Cl3N2O. The normalized spacial score (nSPS) is 18.4. The maximum Gasteiger partial charge on any atom is 0.220 e. The summed E-state index contributed by atoms with van der Waals surface area (Å²) >= 11 is 18.8. The van der Waals surface area contributed by atoms with Crippen molar-refractivity contribution in [1.82, 2.24) is 5.32 Å². The van der Waals surface area contributed by atoms with Crippen molar-refractivity contribution in [2.75, 3.05) is 11.4 Å². The third-order valence-corrected chi connectivity index (χ3v) is 6.71. The smallest absolute Gasteiger partial charge is 0.220 e. The first-order valence-corrected chi connectivity index (χ1v) is 11.9. The van der Waals surface area contributed by atoms with Crippen LogP contribution in [0.15, 0.2) is 72.8 Å². The lowest BCUT2D eigenvalue weighted by atomic mass is 9.91. The van der Waals surface area contributed by atoms with E-state index >= 15 is 0 Å². The first-order chi connectivity index (χ1) is 15.5. The van der Waals surface area contributed by atoms with Crippen LogP contribution in [-0.2, 0) is 11.2 Å². The highest BCUT2D eigenvalue weighted by Gasteiger charge is 2.31. The fourth-order valence-corrected chi connectivity index (χ4v) is 4.95. The molecule has 3 aromatic carbocycles. The van der Waals surface area contributed by atoms with Gasteiger partial charge in [0, 0.05) is 29.1 Å². The molecule has 1 aliphatic heterocycles. The number of piperidine rings is 1. The Kier molecular flexibility index (Phi) is 7.62. The van der Waals surface area contributed by atoms with E-state index in [-0.39, 0.29) is 18.0 Å². The zero-order chi connectivity index (χ0) is 22.5. The summed E-state index contributed by atoms with van der Waals surface area (Å²) in [6, 6.07) is 23.8. The second-order valence-corrected chi connectivity index (χ2v) is 9.41. The van der Waals surface area contributed by atoms with Crippen molar-refractivity contribution < 1.29 is 4.79 Å². The molecule has 0 bridgehead atoms. The van der Waals surface area contributed by atoms with Gasteiger partial charge in [-0.3, -0.25) is 4.79 Å². The zero-order valence-corrected chi connectivity index (χ0v) is 19.9. The summed E-state index contributed by atoms with van der Waals surface area (Å²) in [4.78, 5) is 14.9. The van der Waals surface area contributed by atoms with Gasteiger partial charge in [-0.05, 0) is 60.7 Å². The molecule has 1 aliphatic rings. The summed E-state index contributed by atoms with van der Waals surface area (Å²) in [6.07, 6.45) is 2.86. The summed E-state index contributed by atoms with van der Waals surface area (Å²) in [6.45, 7) is 0.776. The average molecular weight is 488 g/mol. The molecule has 166 valence electrons. The number of halogens is 3. The number of carbonyl (C=O) groups excluding carboxylic acids is 1. The molecule has 1 N–H and O–H groups in total. The molecule has 1 fully saturated rings. The monoisotopic (exact) mass is 486 g/mol. The predicted molar refractivity (Wildman–Crippen MR) is 134 cm³/mol. The van der Waals surface area contributed by atoms with Crippen molar-refractivity contribution >= 4 is 46.4 Å². The topological polar surface area (TPSA) is 32.3 Å². The summed E-state index contributed by atoms with van der Waals surface area (Å²) in [5, 5.41) is 5.19. The number of nitrogens with zero attached hydrogens (tertiary/aromatic N) is 1. The van der Waals surface area contributed by atoms with Gasteiger partial charge < -0.3 is 10.2 Å². The van der Waals surface area contributed by atoms with Crippen LogP contribution in [0.3, 0.4) is 0 Å². The fourth-order valence-electron chi connectivity index (χ4n) is 4.30. The van der Waals surface area contributed by atoms with Crippen molar-refractivity contribution in [3.05, 3.63) is 99.0 Å². The van der Waals surface area contributed by atoms with Crippen LogP contribution in [0.1, 0.15) is 36.4 Å². The Labute approximate surface area is 204 Å². The molecular weight excluding hydrogens is 463 g/mol. The molecule has 0 saturated carbocycles. The Morgan fingerprint density at radius 2 is 1.66 bits per heavy atom. The summed E-state index contributed by atoms with van der Waals surface area (Å²) in [5.41, 5.74) is 3.27. The lowest BCUT2D eigenvalue weighted by Gasteiger charge is -2.42. The van der Waals surface area contributed by atoms with E-state index in [1.807, 2.05) is 54.6 Å². The van der Waals surface area contributed by atoms with Crippen molar-refractivity contribution in [3.8, 4) is 0 Å². The zero-order valence-electron chi connectivity index (χ0n) is 17.6. The fraction of sp³-hybridized carbons (Fsp3) is 0.269. The van der Waals surface area contributed by atoms with Gasteiger partial charge >= 0.3 is 0 Å². The van der Waals surface area contributed by atoms with Crippen LogP contribution < -0.4 is 10.2 Å². The van der Waals surface area contributed by atoms with E-state index in [2.05, 4.69) is 22.3 Å². The van der Waals surface area contributed by atoms with Gasteiger partial charge in [0.15, 0.2) is 0 Å². The SMILES string of the molecule is O=C(CCc1ccccc1)NC1CCN(c2ccc(Cl)cc2Cl)C(c2ccc(Cl)cc2)C1. The van der Waals surface area contributed by atoms with Gasteiger partial charge in [0.1, 0.15) is 0 Å². The largest absolute Gasteiger partial charge is 0.363 e. The molecule has 3 aromatic rings. The lowest BCUT2D eigenvalue weighted by Crippen LogP contribution is -2.46. The summed E-state index contributed by atoms with van der Waals surface area (Å²) < 4.78 is 0. The number of aryl methyl sites for hydroxylation is 1. The first-order valence-electron chi connectivity index (χ1n) is 10.8. The van der Waals surface area contributed by atoms with E-state index in [1.54, 1.807) is 6.07 Å². The van der Waals surface area contributed by atoms with Crippen LogP contribution in [0, 0.1) is 0 Å². The van der Waals surface area contributed by atoms with Crippen molar-refractivity contribution in [2.24, 2.45) is 0 Å². The standard InChI is InChI=1S/C26H25Cl3N2O/c27-20-9-7-19(8-10-20)25-17-22(30-26(32)13-6-18-4-2-1-3-5-18)14-15-31(25)24-12-11-21(28)16-23(24)29/h1-5,7-12,16,22,25H,6,13-15,17H2,(H,30,32). The Morgan fingerprint density at radius 1 is 0.938 bits per heavy atom. The minimum atomic E-state index is 0.0686. The lowest BCUT2D eigenvalue weighted by molar-refractivity contribution is -0.121. The van der Waals surface area contributed by atoms with Crippen LogP contribution in [0.2, 0.25) is 15.1 Å². The van der Waals surface area contributed by atoms with Crippen molar-refractivity contribution in [1.29, 1.82) is 0 Å². The molecule has 4 rings (SSSR count). The van der Waals surface area contributed by atoms with Crippen LogP contribution in [0.25, 0.3) is 0 Å². The quantitative estimate of drug-likeness (QED) is 0.402. The van der Waals surface area contributed by atoms with E-state index in [4.69, 9.17) is 34.8 Å². The van der Waals surface area contributed by atoms with E-state index in [0.29, 0.717) is 21.5 Å². The van der Waals surface area contributed by atoms with Crippen LogP contribution in [0.5, 0.6) is 0 Å². The van der Waals surface area contributed by atoms with Gasteiger partial charge in [0.05, 0.1) is 16.8 Å². The minimum Gasteiger partial charge on any atom is -0.363 e. The number of benzene rings is 3.